The van der Waals surface area contributed by atoms with Crippen LogP contribution in [0.25, 0.3) is 0 Å². The van der Waals surface area contributed by atoms with Crippen molar-refractivity contribution in [3.05, 3.63) is 0 Å². The second-order valence-electron chi connectivity index (χ2n) is 27.4. The summed E-state index contributed by atoms with van der Waals surface area (Å²) in [7, 11) is 0. The van der Waals surface area contributed by atoms with Crippen LogP contribution in [-0.4, -0.2) is 90.5 Å². The lowest BCUT2D eigenvalue weighted by molar-refractivity contribution is -0.349. The maximum absolute atomic E-state index is 13.8. The second kappa shape index (κ2) is 16.8. The standard InChI is InChI=1S/C20H28F4O4.2C16H26O3/c1-16(2,3)15(25)26-9-17-6-12-4-13(7-17)20(14(5-12)8-17)27-10-18(21,22)19(23,24)11-28-20;1-14(2,3)10-19-13(17)15-5-11-4-12(6-15)8-16(18,7-11)9-15;1-15(2,3)9-19-14(18)16-6-10-4-11(7-16)13(17)12(5-10)8-16/h12-14H,4-11H2,1-3H3;11-12,18H,4-10H2,1-3H3;10-13,17H,4-9H2,1-3H3. The van der Waals surface area contributed by atoms with Gasteiger partial charge >= 0.3 is 29.8 Å². The number of hydrogen-bond acceptors (Lipinski definition) is 10. The SMILES string of the molecule is CC(C)(C)C(=O)OCC12CC3CC(C1)C1(OCC(F)(F)C(F)(F)CO1)C(C3)C2.CC(C)(C)COC(=O)C12CC3CC(C1)C(O)C(C3)C2.CC(C)(C)COC(=O)C12CC3CC(CC(O)(C3)C1)C2. The van der Waals surface area contributed by atoms with Gasteiger partial charge < -0.3 is 33.9 Å². The molecule has 1 aliphatic heterocycles. The normalized spacial score (nSPS) is 42.7. The van der Waals surface area contributed by atoms with E-state index in [2.05, 4.69) is 41.5 Å². The Morgan fingerprint density at radius 3 is 1.48 bits per heavy atom. The summed E-state index contributed by atoms with van der Waals surface area (Å²) >= 11 is 0. The van der Waals surface area contributed by atoms with Crippen molar-refractivity contribution in [1.29, 1.82) is 0 Å². The lowest BCUT2D eigenvalue weighted by Gasteiger charge is -2.63. The zero-order chi connectivity index (χ0) is 48.3. The lowest BCUT2D eigenvalue weighted by Crippen LogP contribution is -2.64. The summed E-state index contributed by atoms with van der Waals surface area (Å²) in [6, 6.07) is 0. The van der Waals surface area contributed by atoms with Crippen LogP contribution in [0.3, 0.4) is 0 Å². The predicted molar refractivity (Wildman–Crippen MR) is 236 cm³/mol. The first-order chi connectivity index (χ1) is 30.3. The molecular weight excluding hydrogens is 861 g/mol. The number of esters is 3. The molecule has 376 valence electrons. The molecule has 12 bridgehead atoms. The number of halogens is 4. The molecule has 13 aliphatic rings. The monoisotopic (exact) mass is 941 g/mol. The van der Waals surface area contributed by atoms with Crippen LogP contribution in [0.5, 0.6) is 0 Å². The number of hydrogen-bond donors (Lipinski definition) is 2. The molecule has 0 aromatic rings. The van der Waals surface area contributed by atoms with Gasteiger partial charge in [-0.1, -0.05) is 41.5 Å². The van der Waals surface area contributed by atoms with Gasteiger partial charge in [-0.25, -0.2) is 0 Å². The Morgan fingerprint density at radius 1 is 0.576 bits per heavy atom. The zero-order valence-electron chi connectivity index (χ0n) is 41.2. The lowest BCUT2D eigenvalue weighted by atomic mass is 9.47. The van der Waals surface area contributed by atoms with Gasteiger partial charge in [0.1, 0.15) is 13.2 Å². The van der Waals surface area contributed by atoms with E-state index in [4.69, 9.17) is 23.7 Å². The molecule has 0 amide bonds. The van der Waals surface area contributed by atoms with Crippen LogP contribution in [0.15, 0.2) is 0 Å². The number of carbonyl (C=O) groups excluding carboxylic acids is 3. The van der Waals surface area contributed by atoms with Crippen molar-refractivity contribution in [3.8, 4) is 0 Å². The van der Waals surface area contributed by atoms with Crippen LogP contribution in [0.2, 0.25) is 0 Å². The van der Waals surface area contributed by atoms with Crippen LogP contribution < -0.4 is 0 Å². The summed E-state index contributed by atoms with van der Waals surface area (Å²) in [5, 5.41) is 20.9. The highest BCUT2D eigenvalue weighted by atomic mass is 19.3. The van der Waals surface area contributed by atoms with Crippen molar-refractivity contribution >= 4 is 17.9 Å². The van der Waals surface area contributed by atoms with E-state index in [9.17, 15) is 42.2 Å². The van der Waals surface area contributed by atoms with Gasteiger partial charge in [-0.3, -0.25) is 14.4 Å². The molecule has 13 rings (SSSR count). The molecular formula is C52H80F4O10. The Bertz CT molecular complexity index is 1780. The predicted octanol–water partition coefficient (Wildman–Crippen LogP) is 10.1. The molecule has 13 fully saturated rings. The summed E-state index contributed by atoms with van der Waals surface area (Å²) in [6.07, 6.45) is 13.8. The molecule has 10 nitrogen and oxygen atoms in total. The number of ether oxygens (including phenoxy) is 5. The molecule has 0 aromatic carbocycles. The molecule has 12 aliphatic carbocycles. The van der Waals surface area contributed by atoms with Gasteiger partial charge in [-0.05, 0) is 170 Å². The number of carbonyl (C=O) groups is 3. The molecule has 1 heterocycles. The van der Waals surface area contributed by atoms with Gasteiger partial charge in [0.2, 0.25) is 0 Å². The minimum atomic E-state index is -4.24. The van der Waals surface area contributed by atoms with E-state index in [0.29, 0.717) is 80.8 Å². The molecule has 1 saturated heterocycles. The Kier molecular flexibility index (Phi) is 12.8. The summed E-state index contributed by atoms with van der Waals surface area (Å²) in [5.74, 6) is -7.91. The Balaban J connectivity index is 0.000000139. The minimum Gasteiger partial charge on any atom is -0.465 e. The fourth-order valence-electron chi connectivity index (χ4n) is 15.4. The third kappa shape index (κ3) is 9.84. The van der Waals surface area contributed by atoms with E-state index in [0.717, 1.165) is 64.2 Å². The highest BCUT2D eigenvalue weighted by Gasteiger charge is 2.69. The summed E-state index contributed by atoms with van der Waals surface area (Å²) in [6.45, 7) is 16.4. The highest BCUT2D eigenvalue weighted by molar-refractivity contribution is 5.78. The van der Waals surface area contributed by atoms with E-state index in [1.165, 1.54) is 6.42 Å². The quantitative estimate of drug-likeness (QED) is 0.150. The molecule has 0 aromatic heterocycles. The first kappa shape index (κ1) is 50.4. The molecule has 6 atom stereocenters. The van der Waals surface area contributed by atoms with Crippen LogP contribution in [0.4, 0.5) is 17.6 Å². The first-order valence-electron chi connectivity index (χ1n) is 25.2. The largest absolute Gasteiger partial charge is 0.465 e. The number of alkyl halides is 4. The maximum Gasteiger partial charge on any atom is 0.335 e. The highest BCUT2D eigenvalue weighted by Crippen LogP contribution is 2.67. The molecule has 6 unspecified atom stereocenters. The number of aliphatic hydroxyl groups is 2. The van der Waals surface area contributed by atoms with Gasteiger partial charge in [0.05, 0.1) is 47.8 Å². The second-order valence-corrected chi connectivity index (χ2v) is 27.4. The van der Waals surface area contributed by atoms with Gasteiger partial charge in [0.15, 0.2) is 5.79 Å². The first-order valence-corrected chi connectivity index (χ1v) is 25.2. The minimum absolute atomic E-state index is 0.00808. The molecule has 0 radical (unpaired) electrons. The fraction of sp³-hybridized carbons (Fsp3) is 0.942. The maximum atomic E-state index is 13.8. The van der Waals surface area contributed by atoms with E-state index in [1.807, 2.05) is 0 Å². The van der Waals surface area contributed by atoms with Crippen LogP contribution in [0.1, 0.15) is 165 Å². The van der Waals surface area contributed by atoms with Gasteiger partial charge in [-0.2, -0.15) is 17.6 Å². The summed E-state index contributed by atoms with van der Waals surface area (Å²) < 4.78 is 83.1. The van der Waals surface area contributed by atoms with E-state index < -0.39 is 41.9 Å². The van der Waals surface area contributed by atoms with Crippen molar-refractivity contribution in [1.82, 2.24) is 0 Å². The zero-order valence-corrected chi connectivity index (χ0v) is 41.2. The molecule has 2 N–H and O–H groups in total. The fourth-order valence-corrected chi connectivity index (χ4v) is 15.4. The Labute approximate surface area is 390 Å². The van der Waals surface area contributed by atoms with Gasteiger partial charge in [0.25, 0.3) is 0 Å². The number of aliphatic hydroxyl groups excluding tert-OH is 1. The van der Waals surface area contributed by atoms with E-state index in [1.54, 1.807) is 20.8 Å². The Hall–Kier alpha value is -2.03. The van der Waals surface area contributed by atoms with Crippen molar-refractivity contribution in [2.75, 3.05) is 33.0 Å². The van der Waals surface area contributed by atoms with Gasteiger partial charge in [-0.15, -0.1) is 0 Å². The van der Waals surface area contributed by atoms with Gasteiger partial charge in [0, 0.05) is 17.3 Å². The average molecular weight is 941 g/mol. The smallest absolute Gasteiger partial charge is 0.335 e. The average Bonchev–Trinajstić information content (AvgIpc) is 3.27. The topological polar surface area (TPSA) is 138 Å². The van der Waals surface area contributed by atoms with E-state index in [-0.39, 0.29) is 69.5 Å². The molecule has 1 spiro atoms. The van der Waals surface area contributed by atoms with E-state index >= 15 is 0 Å². The summed E-state index contributed by atoms with van der Waals surface area (Å²) in [5.41, 5.74) is -2.02. The third-order valence-electron chi connectivity index (χ3n) is 17.5. The molecule has 14 heteroatoms. The van der Waals surface area contributed by atoms with Crippen molar-refractivity contribution < 1.29 is 65.8 Å². The van der Waals surface area contributed by atoms with Crippen LogP contribution in [-0.2, 0) is 38.1 Å². The molecule has 66 heavy (non-hydrogen) atoms. The van der Waals surface area contributed by atoms with Crippen molar-refractivity contribution in [2.24, 2.45) is 79.8 Å². The van der Waals surface area contributed by atoms with Crippen LogP contribution in [0, 0.1) is 79.8 Å². The van der Waals surface area contributed by atoms with Crippen molar-refractivity contribution in [2.45, 2.75) is 194 Å². The van der Waals surface area contributed by atoms with Crippen molar-refractivity contribution in [3.63, 3.8) is 0 Å². The van der Waals surface area contributed by atoms with Crippen LogP contribution >= 0.6 is 0 Å². The molecule has 12 saturated carbocycles. The Morgan fingerprint density at radius 2 is 1.03 bits per heavy atom. The summed E-state index contributed by atoms with van der Waals surface area (Å²) in [4.78, 5) is 37.3. The number of rotatable bonds is 6. The third-order valence-corrected chi connectivity index (χ3v) is 17.5.